The highest BCUT2D eigenvalue weighted by atomic mass is 35.5. The number of methoxy groups -OCH3 is 2. The van der Waals surface area contributed by atoms with E-state index in [0.717, 1.165) is 16.3 Å². The summed E-state index contributed by atoms with van der Waals surface area (Å²) in [6.07, 6.45) is -0.779. The van der Waals surface area contributed by atoms with Crippen molar-refractivity contribution in [2.24, 2.45) is 0 Å². The maximum absolute atomic E-state index is 14.8. The number of ether oxygens (including phenoxy) is 4. The smallest absolute Gasteiger partial charge is 0.409 e. The summed E-state index contributed by atoms with van der Waals surface area (Å²) >= 11 is 5.78. The molecule has 0 spiro atoms. The molecular formula is C22H23ClF2N2O8S. The molecule has 1 aliphatic rings. The van der Waals surface area contributed by atoms with Gasteiger partial charge in [-0.1, -0.05) is 11.6 Å². The number of esters is 1. The molecular weight excluding hydrogens is 526 g/mol. The average molecular weight is 549 g/mol. The SMILES string of the molecule is COCCOC(=O)N1CCN(S(=O)(=O)c2cc(F)c(Oc3ccc(Cl)cc3)c(F)c2)C(C(=O)OC)C1. The first-order valence-electron chi connectivity index (χ1n) is 10.5. The number of nitrogens with zero attached hydrogens (tertiary/aromatic N) is 2. The van der Waals surface area contributed by atoms with E-state index in [-0.39, 0.29) is 38.6 Å². The minimum atomic E-state index is -4.60. The van der Waals surface area contributed by atoms with Gasteiger partial charge < -0.3 is 23.8 Å². The molecule has 10 nitrogen and oxygen atoms in total. The van der Waals surface area contributed by atoms with Gasteiger partial charge in [0.15, 0.2) is 17.4 Å². The van der Waals surface area contributed by atoms with E-state index in [1.54, 1.807) is 0 Å². The number of carbonyl (C=O) groups is 2. The van der Waals surface area contributed by atoms with Crippen molar-refractivity contribution in [1.29, 1.82) is 0 Å². The van der Waals surface area contributed by atoms with Crippen molar-refractivity contribution in [2.75, 3.05) is 47.1 Å². The largest absolute Gasteiger partial charge is 0.468 e. The normalized spacial score (nSPS) is 16.5. The topological polar surface area (TPSA) is 112 Å². The van der Waals surface area contributed by atoms with Gasteiger partial charge in [0.2, 0.25) is 10.0 Å². The van der Waals surface area contributed by atoms with Gasteiger partial charge in [0.25, 0.3) is 0 Å². The number of halogens is 3. The Morgan fingerprint density at radius 2 is 1.69 bits per heavy atom. The molecule has 36 heavy (non-hydrogen) atoms. The molecule has 1 aliphatic heterocycles. The molecule has 0 aliphatic carbocycles. The predicted octanol–water partition coefficient (Wildman–Crippen LogP) is 3.04. The molecule has 1 saturated heterocycles. The first-order chi connectivity index (χ1) is 17.1. The highest BCUT2D eigenvalue weighted by molar-refractivity contribution is 7.89. The summed E-state index contributed by atoms with van der Waals surface area (Å²) in [5.41, 5.74) is 0. The van der Waals surface area contributed by atoms with E-state index in [1.807, 2.05) is 0 Å². The number of benzene rings is 2. The van der Waals surface area contributed by atoms with E-state index in [9.17, 15) is 26.8 Å². The van der Waals surface area contributed by atoms with Crippen LogP contribution in [0.15, 0.2) is 41.3 Å². The fourth-order valence-corrected chi connectivity index (χ4v) is 5.10. The monoisotopic (exact) mass is 548 g/mol. The summed E-state index contributed by atoms with van der Waals surface area (Å²) in [6, 6.07) is 5.36. The second-order valence-corrected chi connectivity index (χ2v) is 9.81. The summed E-state index contributed by atoms with van der Waals surface area (Å²) in [7, 11) is -2.13. The Morgan fingerprint density at radius 3 is 2.28 bits per heavy atom. The van der Waals surface area contributed by atoms with Crippen LogP contribution in [0.1, 0.15) is 0 Å². The van der Waals surface area contributed by atoms with Crippen molar-refractivity contribution in [2.45, 2.75) is 10.9 Å². The van der Waals surface area contributed by atoms with Crippen LogP contribution in [0.2, 0.25) is 5.02 Å². The van der Waals surface area contributed by atoms with Crippen LogP contribution < -0.4 is 4.74 Å². The van der Waals surface area contributed by atoms with Crippen LogP contribution in [0, 0.1) is 11.6 Å². The lowest BCUT2D eigenvalue weighted by Crippen LogP contribution is -2.59. The molecule has 14 heteroatoms. The van der Waals surface area contributed by atoms with Gasteiger partial charge in [0, 0.05) is 25.2 Å². The van der Waals surface area contributed by atoms with Gasteiger partial charge in [0.05, 0.1) is 25.2 Å². The zero-order chi connectivity index (χ0) is 26.5. The number of piperazine rings is 1. The molecule has 3 rings (SSSR count). The number of hydrogen-bond donors (Lipinski definition) is 0. The van der Waals surface area contributed by atoms with Crippen molar-refractivity contribution >= 4 is 33.7 Å². The lowest BCUT2D eigenvalue weighted by Gasteiger charge is -2.38. The molecule has 0 saturated carbocycles. The summed E-state index contributed by atoms with van der Waals surface area (Å²) in [4.78, 5) is 25.0. The van der Waals surface area contributed by atoms with Gasteiger partial charge in [-0.25, -0.2) is 22.0 Å². The molecule has 0 N–H and O–H groups in total. The average Bonchev–Trinajstić information content (AvgIpc) is 2.86. The Kier molecular flexibility index (Phi) is 9.06. The summed E-state index contributed by atoms with van der Waals surface area (Å²) < 4.78 is 76.6. The number of amides is 1. The third-order valence-electron chi connectivity index (χ3n) is 5.19. The molecule has 1 unspecified atom stereocenters. The second-order valence-electron chi connectivity index (χ2n) is 7.48. The zero-order valence-corrected chi connectivity index (χ0v) is 20.9. The lowest BCUT2D eigenvalue weighted by molar-refractivity contribution is -0.146. The maximum Gasteiger partial charge on any atom is 0.409 e. The first-order valence-corrected chi connectivity index (χ1v) is 12.3. The van der Waals surface area contributed by atoms with Crippen LogP contribution in [-0.4, -0.2) is 82.8 Å². The number of carbonyl (C=O) groups excluding carboxylic acids is 2. The van der Waals surface area contributed by atoms with E-state index >= 15 is 0 Å². The quantitative estimate of drug-likeness (QED) is 0.365. The number of rotatable bonds is 8. The molecule has 0 aromatic heterocycles. The van der Waals surface area contributed by atoms with E-state index < -0.39 is 50.4 Å². The van der Waals surface area contributed by atoms with Crippen LogP contribution in [0.4, 0.5) is 13.6 Å². The molecule has 1 fully saturated rings. The Balaban J connectivity index is 1.85. The van der Waals surface area contributed by atoms with Crippen LogP contribution >= 0.6 is 11.6 Å². The van der Waals surface area contributed by atoms with Gasteiger partial charge in [0.1, 0.15) is 18.4 Å². The highest BCUT2D eigenvalue weighted by Gasteiger charge is 2.43. The Bertz CT molecular complexity index is 1190. The van der Waals surface area contributed by atoms with Crippen molar-refractivity contribution < 1.29 is 45.7 Å². The van der Waals surface area contributed by atoms with E-state index in [4.69, 9.17) is 30.5 Å². The van der Waals surface area contributed by atoms with Gasteiger partial charge in [-0.05, 0) is 36.4 Å². The fraction of sp³-hybridized carbons (Fsp3) is 0.364. The third kappa shape index (κ3) is 6.22. The van der Waals surface area contributed by atoms with E-state index in [1.165, 1.54) is 31.4 Å². The van der Waals surface area contributed by atoms with Gasteiger partial charge in [-0.3, -0.25) is 4.79 Å². The molecule has 1 amide bonds. The summed E-state index contributed by atoms with van der Waals surface area (Å²) in [5, 5.41) is 0.383. The molecule has 2 aromatic carbocycles. The highest BCUT2D eigenvalue weighted by Crippen LogP contribution is 2.32. The molecule has 1 heterocycles. The van der Waals surface area contributed by atoms with Crippen molar-refractivity contribution in [3.8, 4) is 11.5 Å². The van der Waals surface area contributed by atoms with E-state index in [0.29, 0.717) is 17.2 Å². The minimum absolute atomic E-state index is 0.0419. The lowest BCUT2D eigenvalue weighted by atomic mass is 10.2. The van der Waals surface area contributed by atoms with Gasteiger partial charge in [-0.15, -0.1) is 0 Å². The van der Waals surface area contributed by atoms with Crippen LogP contribution in [-0.2, 0) is 29.0 Å². The summed E-state index contributed by atoms with van der Waals surface area (Å²) in [6.45, 7) is -0.773. The standard InChI is InChI=1S/C22H23ClF2N2O8S/c1-32-9-10-34-22(29)26-7-8-27(19(13-26)21(28)33-2)36(30,31)16-11-17(24)20(18(25)12-16)35-15-5-3-14(23)4-6-15/h3-6,11-12,19H,7-10,13H2,1-2H3. The second kappa shape index (κ2) is 11.8. The molecule has 0 radical (unpaired) electrons. The van der Waals surface area contributed by atoms with Gasteiger partial charge >= 0.3 is 12.1 Å². The Labute approximate surface area is 211 Å². The third-order valence-corrected chi connectivity index (χ3v) is 7.33. The molecule has 0 bridgehead atoms. The van der Waals surface area contributed by atoms with E-state index in [2.05, 4.69) is 0 Å². The maximum atomic E-state index is 14.8. The molecule has 2 aromatic rings. The van der Waals surface area contributed by atoms with Crippen LogP contribution in [0.3, 0.4) is 0 Å². The zero-order valence-electron chi connectivity index (χ0n) is 19.3. The summed E-state index contributed by atoms with van der Waals surface area (Å²) in [5.74, 6) is -4.26. The van der Waals surface area contributed by atoms with Gasteiger partial charge in [-0.2, -0.15) is 4.31 Å². The first kappa shape index (κ1) is 27.6. The number of hydrogen-bond acceptors (Lipinski definition) is 8. The minimum Gasteiger partial charge on any atom is -0.468 e. The Morgan fingerprint density at radius 1 is 1.06 bits per heavy atom. The Hall–Kier alpha value is -3.00. The fourth-order valence-electron chi connectivity index (χ4n) is 3.39. The number of sulfonamides is 1. The predicted molar refractivity (Wildman–Crippen MR) is 122 cm³/mol. The molecule has 196 valence electrons. The van der Waals surface area contributed by atoms with Crippen molar-refractivity contribution in [3.63, 3.8) is 0 Å². The van der Waals surface area contributed by atoms with Crippen molar-refractivity contribution in [3.05, 3.63) is 53.1 Å². The van der Waals surface area contributed by atoms with Crippen molar-refractivity contribution in [1.82, 2.24) is 9.21 Å². The van der Waals surface area contributed by atoms with Crippen LogP contribution in [0.25, 0.3) is 0 Å². The molecule has 1 atom stereocenters. The van der Waals surface area contributed by atoms with Crippen LogP contribution in [0.5, 0.6) is 11.5 Å².